The van der Waals surface area contributed by atoms with Crippen LogP contribution in [-0.2, 0) is 14.3 Å². The van der Waals surface area contributed by atoms with Crippen molar-refractivity contribution in [3.05, 3.63) is 23.8 Å². The Balaban J connectivity index is 1.54. The van der Waals surface area contributed by atoms with Gasteiger partial charge >= 0.3 is 5.97 Å². The van der Waals surface area contributed by atoms with Crippen molar-refractivity contribution in [2.75, 3.05) is 11.9 Å². The molecule has 2 aliphatic heterocycles. The van der Waals surface area contributed by atoms with Crippen molar-refractivity contribution in [2.45, 2.75) is 56.3 Å². The minimum absolute atomic E-state index is 0.0515. The summed E-state index contributed by atoms with van der Waals surface area (Å²) in [6, 6.07) is 5.55. The van der Waals surface area contributed by atoms with Gasteiger partial charge in [0, 0.05) is 23.1 Å². The third-order valence-corrected chi connectivity index (χ3v) is 5.65. The van der Waals surface area contributed by atoms with Gasteiger partial charge in [-0.05, 0) is 37.5 Å². The lowest BCUT2D eigenvalue weighted by atomic mass is 9.83. The van der Waals surface area contributed by atoms with E-state index in [9.17, 15) is 14.7 Å². The minimum atomic E-state index is -0.925. The summed E-state index contributed by atoms with van der Waals surface area (Å²) in [5.74, 6) is -0.115. The maximum atomic E-state index is 12.2. The number of rotatable bonds is 5. The molecule has 0 bridgehead atoms. The summed E-state index contributed by atoms with van der Waals surface area (Å²) in [6.07, 6.45) is 2.04. The van der Waals surface area contributed by atoms with Gasteiger partial charge in [-0.25, -0.2) is 0 Å². The highest BCUT2D eigenvalue weighted by molar-refractivity contribution is 5.93. The summed E-state index contributed by atoms with van der Waals surface area (Å²) in [4.78, 5) is 23.2. The molecule has 1 saturated carbocycles. The van der Waals surface area contributed by atoms with Crippen LogP contribution in [0.25, 0.3) is 0 Å². The first-order valence-electron chi connectivity index (χ1n) is 9.14. The second-order valence-electron chi connectivity index (χ2n) is 7.37. The van der Waals surface area contributed by atoms with Crippen molar-refractivity contribution >= 4 is 17.6 Å². The lowest BCUT2D eigenvalue weighted by molar-refractivity contribution is -0.153. The van der Waals surface area contributed by atoms with Crippen LogP contribution in [0.5, 0.6) is 5.75 Å². The van der Waals surface area contributed by atoms with E-state index >= 15 is 0 Å². The van der Waals surface area contributed by atoms with E-state index in [2.05, 4.69) is 5.32 Å². The van der Waals surface area contributed by atoms with E-state index in [0.29, 0.717) is 12.2 Å². The Kier molecular flexibility index (Phi) is 4.58. The fraction of sp³-hybridized carbons (Fsp3) is 0.579. The normalized spacial score (nSPS) is 29.9. The highest BCUT2D eigenvalue weighted by atomic mass is 16.6. The quantitative estimate of drug-likeness (QED) is 0.740. The summed E-state index contributed by atoms with van der Waals surface area (Å²) < 4.78 is 11.7. The average Bonchev–Trinajstić information content (AvgIpc) is 2.90. The SMILES string of the molecule is O=C(O)C[C@@H]1C[C@@H]2c3cc(NC(=O)C4CCC4)ccc3O[C@@H]2[C@@H](CO)O1. The zero-order valence-electron chi connectivity index (χ0n) is 14.4. The fourth-order valence-corrected chi connectivity index (χ4v) is 4.08. The molecular formula is C19H23NO6. The van der Waals surface area contributed by atoms with Crippen molar-refractivity contribution in [3.8, 4) is 5.75 Å². The summed E-state index contributed by atoms with van der Waals surface area (Å²) in [6.45, 7) is -0.226. The molecule has 4 rings (SSSR count). The third kappa shape index (κ3) is 3.17. The number of anilines is 1. The van der Waals surface area contributed by atoms with Crippen molar-refractivity contribution in [2.24, 2.45) is 5.92 Å². The molecular weight excluding hydrogens is 338 g/mol. The summed E-state index contributed by atoms with van der Waals surface area (Å²) in [5.41, 5.74) is 1.67. The molecule has 1 amide bonds. The lowest BCUT2D eigenvalue weighted by Crippen LogP contribution is -2.46. The van der Waals surface area contributed by atoms with E-state index < -0.39 is 18.2 Å². The Labute approximate surface area is 151 Å². The van der Waals surface area contributed by atoms with Crippen LogP contribution in [0.1, 0.15) is 43.6 Å². The zero-order chi connectivity index (χ0) is 18.3. The number of ether oxygens (including phenoxy) is 2. The minimum Gasteiger partial charge on any atom is -0.487 e. The topological polar surface area (TPSA) is 105 Å². The van der Waals surface area contributed by atoms with Gasteiger partial charge in [-0.15, -0.1) is 0 Å². The number of aliphatic carboxylic acids is 1. The number of aliphatic hydroxyl groups is 1. The Bertz CT molecular complexity index is 716. The number of carbonyl (C=O) groups excluding carboxylic acids is 1. The maximum Gasteiger partial charge on any atom is 0.305 e. The van der Waals surface area contributed by atoms with Crippen LogP contribution in [0.3, 0.4) is 0 Å². The smallest absolute Gasteiger partial charge is 0.305 e. The van der Waals surface area contributed by atoms with Crippen LogP contribution >= 0.6 is 0 Å². The number of carboxylic acid groups (broad SMARTS) is 1. The Morgan fingerprint density at radius 1 is 1.27 bits per heavy atom. The van der Waals surface area contributed by atoms with Crippen molar-refractivity contribution in [3.63, 3.8) is 0 Å². The van der Waals surface area contributed by atoms with Crippen molar-refractivity contribution in [1.29, 1.82) is 0 Å². The summed E-state index contributed by atoms with van der Waals surface area (Å²) in [5, 5.41) is 21.7. The van der Waals surface area contributed by atoms with Gasteiger partial charge in [-0.2, -0.15) is 0 Å². The number of nitrogens with one attached hydrogen (secondary N) is 1. The molecule has 0 spiro atoms. The second kappa shape index (κ2) is 6.89. The molecule has 2 heterocycles. The molecule has 0 radical (unpaired) electrons. The van der Waals surface area contributed by atoms with Gasteiger partial charge in [0.1, 0.15) is 18.0 Å². The first-order valence-corrected chi connectivity index (χ1v) is 9.14. The third-order valence-electron chi connectivity index (χ3n) is 5.65. The molecule has 1 saturated heterocycles. The maximum absolute atomic E-state index is 12.2. The van der Waals surface area contributed by atoms with E-state index in [0.717, 1.165) is 30.5 Å². The Morgan fingerprint density at radius 3 is 2.73 bits per heavy atom. The number of hydrogen-bond donors (Lipinski definition) is 3. The van der Waals surface area contributed by atoms with Crippen LogP contribution < -0.4 is 10.1 Å². The molecule has 3 aliphatic rings. The predicted molar refractivity (Wildman–Crippen MR) is 92.2 cm³/mol. The second-order valence-corrected chi connectivity index (χ2v) is 7.37. The lowest BCUT2D eigenvalue weighted by Gasteiger charge is -2.36. The fourth-order valence-electron chi connectivity index (χ4n) is 4.08. The predicted octanol–water partition coefficient (Wildman–Crippen LogP) is 1.89. The first kappa shape index (κ1) is 17.3. The van der Waals surface area contributed by atoms with E-state index in [1.165, 1.54) is 0 Å². The van der Waals surface area contributed by atoms with Gasteiger partial charge in [0.15, 0.2) is 0 Å². The number of benzene rings is 1. The molecule has 0 aromatic heterocycles. The molecule has 4 atom stereocenters. The molecule has 140 valence electrons. The van der Waals surface area contributed by atoms with Crippen LogP contribution in [0.2, 0.25) is 0 Å². The van der Waals surface area contributed by atoms with Crippen LogP contribution in [0.4, 0.5) is 5.69 Å². The van der Waals surface area contributed by atoms with Crippen molar-refractivity contribution in [1.82, 2.24) is 0 Å². The Morgan fingerprint density at radius 2 is 2.08 bits per heavy atom. The highest BCUT2D eigenvalue weighted by Gasteiger charge is 2.46. The number of aliphatic hydroxyl groups excluding tert-OH is 1. The molecule has 0 unspecified atom stereocenters. The number of carbonyl (C=O) groups is 2. The molecule has 26 heavy (non-hydrogen) atoms. The van der Waals surface area contributed by atoms with Crippen LogP contribution in [0, 0.1) is 5.92 Å². The number of amides is 1. The van der Waals surface area contributed by atoms with Gasteiger partial charge in [0.25, 0.3) is 0 Å². The molecule has 1 aromatic rings. The largest absolute Gasteiger partial charge is 0.487 e. The highest BCUT2D eigenvalue weighted by Crippen LogP contribution is 2.47. The monoisotopic (exact) mass is 361 g/mol. The average molecular weight is 361 g/mol. The van der Waals surface area contributed by atoms with E-state index in [1.54, 1.807) is 0 Å². The van der Waals surface area contributed by atoms with Gasteiger partial charge in [0.05, 0.1) is 19.1 Å². The van der Waals surface area contributed by atoms with Crippen LogP contribution in [-0.4, -0.2) is 47.0 Å². The van der Waals surface area contributed by atoms with Gasteiger partial charge < -0.3 is 25.0 Å². The van der Waals surface area contributed by atoms with Crippen LogP contribution in [0.15, 0.2) is 18.2 Å². The van der Waals surface area contributed by atoms with Crippen molar-refractivity contribution < 1.29 is 29.3 Å². The van der Waals surface area contributed by atoms with E-state index in [-0.39, 0.29) is 36.9 Å². The van der Waals surface area contributed by atoms with Gasteiger partial charge in [-0.3, -0.25) is 9.59 Å². The standard InChI is InChI=1S/C19H23NO6/c21-9-16-18-14(7-12(25-16)8-17(22)23)13-6-11(4-5-15(13)26-18)20-19(24)10-2-1-3-10/h4-6,10,12,14,16,18,21H,1-3,7-9H2,(H,20,24)(H,22,23)/t12-,14+,16+,18-/m0/s1. The molecule has 1 aliphatic carbocycles. The van der Waals surface area contributed by atoms with Gasteiger partial charge in [-0.1, -0.05) is 6.42 Å². The van der Waals surface area contributed by atoms with E-state index in [4.69, 9.17) is 14.6 Å². The summed E-state index contributed by atoms with van der Waals surface area (Å²) >= 11 is 0. The molecule has 3 N–H and O–H groups in total. The summed E-state index contributed by atoms with van der Waals surface area (Å²) in [7, 11) is 0. The Hall–Kier alpha value is -2.12. The number of carboxylic acids is 1. The molecule has 2 fully saturated rings. The molecule has 7 heteroatoms. The van der Waals surface area contributed by atoms with Gasteiger partial charge in [0.2, 0.25) is 5.91 Å². The molecule has 7 nitrogen and oxygen atoms in total. The number of hydrogen-bond acceptors (Lipinski definition) is 5. The van der Waals surface area contributed by atoms with E-state index in [1.807, 2.05) is 18.2 Å². The first-order chi connectivity index (χ1) is 12.5. The molecule has 1 aromatic carbocycles. The zero-order valence-corrected chi connectivity index (χ0v) is 14.4. The number of fused-ring (bicyclic) bond motifs is 3.